The topological polar surface area (TPSA) is 27.8 Å². The maximum atomic E-state index is 13.8. The lowest BCUT2D eigenvalue weighted by Crippen LogP contribution is -2.15. The molecule has 0 spiro atoms. The highest BCUT2D eigenvalue weighted by atomic mass is 19.1. The van der Waals surface area contributed by atoms with Crippen molar-refractivity contribution in [1.29, 1.82) is 0 Å². The van der Waals surface area contributed by atoms with Crippen molar-refractivity contribution in [2.24, 2.45) is 0 Å². The second-order valence-corrected chi connectivity index (χ2v) is 4.77. The highest BCUT2D eigenvalue weighted by molar-refractivity contribution is 5.85. The quantitative estimate of drug-likeness (QED) is 0.725. The number of aromatic nitrogens is 1. The summed E-state index contributed by atoms with van der Waals surface area (Å²) in [6, 6.07) is 5.68. The largest absolute Gasteiger partial charge is 0.356 e. The predicted octanol–water partition coefficient (Wildman–Crippen LogP) is 3.29. The molecule has 0 amide bonds. The minimum Gasteiger partial charge on any atom is -0.356 e. The van der Waals surface area contributed by atoms with Gasteiger partial charge in [0.25, 0.3) is 0 Å². The van der Waals surface area contributed by atoms with Crippen LogP contribution in [0.4, 0.5) is 4.39 Å². The minimum atomic E-state index is -0.148. The Kier molecular flexibility index (Phi) is 2.63. The summed E-state index contributed by atoms with van der Waals surface area (Å²) in [5, 5.41) is 4.40. The van der Waals surface area contributed by atoms with Crippen LogP contribution < -0.4 is 5.32 Å². The summed E-state index contributed by atoms with van der Waals surface area (Å²) < 4.78 is 13.8. The van der Waals surface area contributed by atoms with Crippen molar-refractivity contribution in [1.82, 2.24) is 10.3 Å². The third-order valence-electron chi connectivity index (χ3n) is 3.77. The van der Waals surface area contributed by atoms with Gasteiger partial charge in [0, 0.05) is 17.1 Å². The molecule has 17 heavy (non-hydrogen) atoms. The van der Waals surface area contributed by atoms with E-state index >= 15 is 0 Å². The first-order chi connectivity index (χ1) is 8.31. The second kappa shape index (κ2) is 4.15. The Hall–Kier alpha value is -1.35. The molecule has 0 aliphatic heterocycles. The van der Waals surface area contributed by atoms with Crippen molar-refractivity contribution in [3.8, 4) is 0 Å². The Morgan fingerprint density at radius 2 is 2.24 bits per heavy atom. The molecule has 2 N–H and O–H groups in total. The van der Waals surface area contributed by atoms with E-state index in [1.165, 1.54) is 30.2 Å². The van der Waals surface area contributed by atoms with E-state index in [0.717, 1.165) is 18.2 Å². The molecule has 0 saturated carbocycles. The number of benzene rings is 1. The molecular formula is C14H17FN2. The molecule has 1 aromatic heterocycles. The maximum Gasteiger partial charge on any atom is 0.147 e. The number of H-pyrrole nitrogens is 1. The monoisotopic (exact) mass is 232 g/mol. The molecule has 0 fully saturated rings. The fourth-order valence-corrected chi connectivity index (χ4v) is 2.93. The Morgan fingerprint density at radius 1 is 1.35 bits per heavy atom. The fraction of sp³-hybridized carbons (Fsp3) is 0.429. The molecule has 1 aliphatic rings. The van der Waals surface area contributed by atoms with Crippen LogP contribution in [-0.4, -0.2) is 12.0 Å². The molecule has 1 unspecified atom stereocenters. The molecule has 0 radical (unpaired) electrons. The third-order valence-corrected chi connectivity index (χ3v) is 3.77. The SMILES string of the molecule is CNC1CCCCc2[nH]c3c(F)cccc3c21. The third kappa shape index (κ3) is 1.65. The van der Waals surface area contributed by atoms with E-state index in [9.17, 15) is 4.39 Å². The van der Waals surface area contributed by atoms with E-state index in [4.69, 9.17) is 0 Å². The van der Waals surface area contributed by atoms with Gasteiger partial charge in [0.2, 0.25) is 0 Å². The highest BCUT2D eigenvalue weighted by Gasteiger charge is 2.22. The summed E-state index contributed by atoms with van der Waals surface area (Å²) >= 11 is 0. The van der Waals surface area contributed by atoms with E-state index in [1.54, 1.807) is 6.07 Å². The lowest BCUT2D eigenvalue weighted by atomic mass is 10.0. The van der Waals surface area contributed by atoms with Crippen LogP contribution in [-0.2, 0) is 6.42 Å². The van der Waals surface area contributed by atoms with Crippen molar-refractivity contribution in [3.63, 3.8) is 0 Å². The van der Waals surface area contributed by atoms with Crippen LogP contribution in [0.2, 0.25) is 0 Å². The molecule has 2 aromatic rings. The van der Waals surface area contributed by atoms with Gasteiger partial charge >= 0.3 is 0 Å². The number of fused-ring (bicyclic) bond motifs is 3. The van der Waals surface area contributed by atoms with Crippen molar-refractivity contribution >= 4 is 10.9 Å². The zero-order valence-electron chi connectivity index (χ0n) is 10.0. The van der Waals surface area contributed by atoms with E-state index in [1.807, 2.05) is 13.1 Å². The molecule has 1 aromatic carbocycles. The molecule has 0 bridgehead atoms. The lowest BCUT2D eigenvalue weighted by molar-refractivity contribution is 0.536. The van der Waals surface area contributed by atoms with Gasteiger partial charge in [-0.1, -0.05) is 18.6 Å². The summed E-state index contributed by atoms with van der Waals surface area (Å²) in [4.78, 5) is 3.27. The van der Waals surface area contributed by atoms with Crippen molar-refractivity contribution in [3.05, 3.63) is 35.3 Å². The van der Waals surface area contributed by atoms with E-state index < -0.39 is 0 Å². The van der Waals surface area contributed by atoms with Crippen LogP contribution >= 0.6 is 0 Å². The van der Waals surface area contributed by atoms with Crippen molar-refractivity contribution in [2.45, 2.75) is 31.7 Å². The van der Waals surface area contributed by atoms with Crippen LogP contribution in [0.3, 0.4) is 0 Å². The molecule has 90 valence electrons. The molecule has 3 heteroatoms. The number of aryl methyl sites for hydroxylation is 1. The average molecular weight is 232 g/mol. The fourth-order valence-electron chi connectivity index (χ4n) is 2.93. The van der Waals surface area contributed by atoms with Crippen LogP contribution in [0.5, 0.6) is 0 Å². The van der Waals surface area contributed by atoms with Crippen molar-refractivity contribution in [2.75, 3.05) is 7.05 Å². The zero-order valence-corrected chi connectivity index (χ0v) is 10.0. The zero-order chi connectivity index (χ0) is 11.8. The smallest absolute Gasteiger partial charge is 0.147 e. The van der Waals surface area contributed by atoms with Gasteiger partial charge in [-0.05, 0) is 37.9 Å². The van der Waals surface area contributed by atoms with Gasteiger partial charge in [-0.15, -0.1) is 0 Å². The van der Waals surface area contributed by atoms with Crippen LogP contribution in [0.15, 0.2) is 18.2 Å². The second-order valence-electron chi connectivity index (χ2n) is 4.77. The molecule has 1 heterocycles. The first-order valence-corrected chi connectivity index (χ1v) is 6.27. The standard InChI is InChI=1S/C14H17FN2/c1-16-11-7-2-3-8-12-13(11)9-5-4-6-10(15)14(9)17-12/h4-6,11,16-17H,2-3,7-8H2,1H3. The lowest BCUT2D eigenvalue weighted by Gasteiger charge is -2.14. The number of hydrogen-bond acceptors (Lipinski definition) is 1. The average Bonchev–Trinajstić information content (AvgIpc) is 2.59. The summed E-state index contributed by atoms with van der Waals surface area (Å²) in [5.41, 5.74) is 3.15. The maximum absolute atomic E-state index is 13.8. The van der Waals surface area contributed by atoms with Gasteiger partial charge in [-0.25, -0.2) is 4.39 Å². The normalized spacial score (nSPS) is 20.2. The number of halogens is 1. The molecule has 1 aliphatic carbocycles. The van der Waals surface area contributed by atoms with Gasteiger partial charge in [-0.2, -0.15) is 0 Å². The van der Waals surface area contributed by atoms with Gasteiger partial charge < -0.3 is 10.3 Å². The Bertz CT molecular complexity index is 544. The van der Waals surface area contributed by atoms with E-state index in [2.05, 4.69) is 10.3 Å². The van der Waals surface area contributed by atoms with Gasteiger partial charge in [0.05, 0.1) is 5.52 Å². The van der Waals surface area contributed by atoms with Crippen molar-refractivity contribution < 1.29 is 4.39 Å². The highest BCUT2D eigenvalue weighted by Crippen LogP contribution is 2.35. The van der Waals surface area contributed by atoms with E-state index in [0.29, 0.717) is 11.6 Å². The first-order valence-electron chi connectivity index (χ1n) is 6.27. The Labute approximate surface area is 100 Å². The predicted molar refractivity (Wildman–Crippen MR) is 67.6 cm³/mol. The van der Waals surface area contributed by atoms with Crippen LogP contribution in [0.1, 0.15) is 36.6 Å². The molecule has 1 atom stereocenters. The number of nitrogens with one attached hydrogen (secondary N) is 2. The first kappa shape index (κ1) is 10.8. The van der Waals surface area contributed by atoms with Crippen LogP contribution in [0, 0.1) is 5.82 Å². The summed E-state index contributed by atoms with van der Waals surface area (Å²) in [6.45, 7) is 0. The van der Waals surface area contributed by atoms with Gasteiger partial charge in [0.15, 0.2) is 0 Å². The molecule has 3 rings (SSSR count). The number of para-hydroxylation sites is 1. The summed E-state index contributed by atoms with van der Waals surface area (Å²) in [5.74, 6) is -0.148. The van der Waals surface area contributed by atoms with Gasteiger partial charge in [0.1, 0.15) is 5.82 Å². The summed E-state index contributed by atoms with van der Waals surface area (Å²) in [7, 11) is 1.98. The molecule has 2 nitrogen and oxygen atoms in total. The Morgan fingerprint density at radius 3 is 3.06 bits per heavy atom. The van der Waals surface area contributed by atoms with E-state index in [-0.39, 0.29) is 5.82 Å². The number of hydrogen-bond donors (Lipinski definition) is 2. The minimum absolute atomic E-state index is 0.148. The summed E-state index contributed by atoms with van der Waals surface area (Å²) in [6.07, 6.45) is 4.57. The Balaban J connectivity index is 2.27. The van der Waals surface area contributed by atoms with Gasteiger partial charge in [-0.3, -0.25) is 0 Å². The molecular weight excluding hydrogens is 215 g/mol. The number of aromatic amines is 1. The molecule has 0 saturated heterocycles. The number of rotatable bonds is 1. The van der Waals surface area contributed by atoms with Crippen LogP contribution in [0.25, 0.3) is 10.9 Å².